The van der Waals surface area contributed by atoms with Gasteiger partial charge in [0.05, 0.1) is 0 Å². The first-order valence-electron chi connectivity index (χ1n) is 5.27. The Morgan fingerprint density at radius 1 is 1.75 bits per heavy atom. The van der Waals surface area contributed by atoms with E-state index in [0.717, 1.165) is 6.54 Å². The molecule has 1 atom stereocenters. The number of anilines is 1. The topological polar surface area (TPSA) is 85.8 Å². The molecule has 2 heterocycles. The van der Waals surface area contributed by atoms with Crippen LogP contribution in [0.25, 0.3) is 0 Å². The van der Waals surface area contributed by atoms with Crippen molar-refractivity contribution in [2.75, 3.05) is 18.0 Å². The van der Waals surface area contributed by atoms with E-state index < -0.39 is 0 Å². The van der Waals surface area contributed by atoms with Crippen molar-refractivity contribution in [1.29, 1.82) is 0 Å². The standard InChI is InChI=1S/C9H15N5OS/c10-9-12-6-14(13-9)5-8(15)11-4-7-2-1-3-16-7/h6-7H,1-5H2,(H2,10,13)(H,11,15). The Morgan fingerprint density at radius 2 is 2.62 bits per heavy atom. The second-order valence-electron chi connectivity index (χ2n) is 3.74. The molecule has 3 N–H and O–H groups in total. The van der Waals surface area contributed by atoms with E-state index in [0.29, 0.717) is 5.25 Å². The predicted octanol–water partition coefficient (Wildman–Crippen LogP) is -0.128. The van der Waals surface area contributed by atoms with Crippen LogP contribution >= 0.6 is 11.8 Å². The van der Waals surface area contributed by atoms with E-state index in [2.05, 4.69) is 15.4 Å². The number of carbonyl (C=O) groups is 1. The van der Waals surface area contributed by atoms with E-state index in [1.165, 1.54) is 29.6 Å². The van der Waals surface area contributed by atoms with Gasteiger partial charge >= 0.3 is 0 Å². The fourth-order valence-electron chi connectivity index (χ4n) is 1.62. The largest absolute Gasteiger partial charge is 0.367 e. The Balaban J connectivity index is 1.71. The molecule has 0 aliphatic carbocycles. The van der Waals surface area contributed by atoms with E-state index in [1.807, 2.05) is 11.8 Å². The van der Waals surface area contributed by atoms with Gasteiger partial charge in [0.15, 0.2) is 0 Å². The Morgan fingerprint density at radius 3 is 3.25 bits per heavy atom. The van der Waals surface area contributed by atoms with Crippen molar-refractivity contribution < 1.29 is 4.79 Å². The molecule has 1 saturated heterocycles. The summed E-state index contributed by atoms with van der Waals surface area (Å²) >= 11 is 1.93. The van der Waals surface area contributed by atoms with Crippen LogP contribution in [0.3, 0.4) is 0 Å². The van der Waals surface area contributed by atoms with Gasteiger partial charge < -0.3 is 11.1 Å². The van der Waals surface area contributed by atoms with Gasteiger partial charge in [-0.3, -0.25) is 4.79 Å². The summed E-state index contributed by atoms with van der Waals surface area (Å²) < 4.78 is 1.44. The van der Waals surface area contributed by atoms with Gasteiger partial charge in [0.1, 0.15) is 12.9 Å². The molecule has 88 valence electrons. The lowest BCUT2D eigenvalue weighted by Gasteiger charge is -2.09. The van der Waals surface area contributed by atoms with Crippen molar-refractivity contribution >= 4 is 23.6 Å². The first kappa shape index (κ1) is 11.3. The van der Waals surface area contributed by atoms with Gasteiger partial charge in [0.25, 0.3) is 0 Å². The third kappa shape index (κ3) is 3.13. The first-order chi connectivity index (χ1) is 7.74. The highest BCUT2D eigenvalue weighted by molar-refractivity contribution is 8.00. The van der Waals surface area contributed by atoms with Crippen LogP contribution in [0.5, 0.6) is 0 Å². The number of amides is 1. The average molecular weight is 241 g/mol. The third-order valence-electron chi connectivity index (χ3n) is 2.41. The Hall–Kier alpha value is -1.24. The van der Waals surface area contributed by atoms with Crippen LogP contribution in [0.2, 0.25) is 0 Å². The van der Waals surface area contributed by atoms with Crippen molar-refractivity contribution in [3.8, 4) is 0 Å². The van der Waals surface area contributed by atoms with Crippen LogP contribution < -0.4 is 11.1 Å². The maximum Gasteiger partial charge on any atom is 0.241 e. The number of nitrogens with one attached hydrogen (secondary N) is 1. The number of nitrogens with two attached hydrogens (primary N) is 1. The zero-order valence-corrected chi connectivity index (χ0v) is 9.74. The average Bonchev–Trinajstić information content (AvgIpc) is 2.87. The molecule has 7 heteroatoms. The number of hydrogen-bond acceptors (Lipinski definition) is 5. The molecule has 1 fully saturated rings. The lowest BCUT2D eigenvalue weighted by molar-refractivity contribution is -0.121. The molecule has 1 aliphatic rings. The van der Waals surface area contributed by atoms with Gasteiger partial charge in [-0.25, -0.2) is 9.67 Å². The van der Waals surface area contributed by atoms with Crippen LogP contribution in [0.15, 0.2) is 6.33 Å². The quantitative estimate of drug-likeness (QED) is 0.767. The molecular formula is C9H15N5OS. The highest BCUT2D eigenvalue weighted by Gasteiger charge is 2.16. The van der Waals surface area contributed by atoms with Gasteiger partial charge in [-0.15, -0.1) is 5.10 Å². The first-order valence-corrected chi connectivity index (χ1v) is 6.32. The summed E-state index contributed by atoms with van der Waals surface area (Å²) in [6.07, 6.45) is 3.91. The summed E-state index contributed by atoms with van der Waals surface area (Å²) in [4.78, 5) is 15.3. The lowest BCUT2D eigenvalue weighted by atomic mass is 10.2. The Labute approximate surface area is 98.0 Å². The molecule has 1 unspecified atom stereocenters. The highest BCUT2D eigenvalue weighted by atomic mass is 32.2. The van der Waals surface area contributed by atoms with Crippen LogP contribution in [-0.2, 0) is 11.3 Å². The zero-order valence-electron chi connectivity index (χ0n) is 8.93. The summed E-state index contributed by atoms with van der Waals surface area (Å²) in [5.41, 5.74) is 5.35. The minimum atomic E-state index is -0.0441. The molecule has 1 aromatic heterocycles. The van der Waals surface area contributed by atoms with E-state index in [9.17, 15) is 4.79 Å². The molecule has 2 rings (SSSR count). The van der Waals surface area contributed by atoms with E-state index in [-0.39, 0.29) is 18.4 Å². The Bertz CT molecular complexity index is 361. The molecule has 0 bridgehead atoms. The van der Waals surface area contributed by atoms with E-state index in [4.69, 9.17) is 5.73 Å². The Kier molecular flexibility index (Phi) is 3.66. The fraction of sp³-hybridized carbons (Fsp3) is 0.667. The number of carbonyl (C=O) groups excluding carboxylic acids is 1. The summed E-state index contributed by atoms with van der Waals surface area (Å²) in [6, 6.07) is 0. The molecule has 0 radical (unpaired) electrons. The van der Waals surface area contributed by atoms with Crippen LogP contribution in [0.1, 0.15) is 12.8 Å². The van der Waals surface area contributed by atoms with Gasteiger partial charge in [-0.05, 0) is 18.6 Å². The molecule has 0 spiro atoms. The van der Waals surface area contributed by atoms with Crippen molar-refractivity contribution in [2.24, 2.45) is 0 Å². The SMILES string of the molecule is Nc1ncn(CC(=O)NCC2CCCS2)n1. The number of nitrogen functional groups attached to an aromatic ring is 1. The maximum atomic E-state index is 11.5. The number of rotatable bonds is 4. The number of thioether (sulfide) groups is 1. The summed E-state index contributed by atoms with van der Waals surface area (Å²) in [7, 11) is 0. The van der Waals surface area contributed by atoms with E-state index >= 15 is 0 Å². The molecule has 6 nitrogen and oxygen atoms in total. The van der Waals surface area contributed by atoms with Crippen LogP contribution in [-0.4, -0.2) is 38.2 Å². The van der Waals surface area contributed by atoms with Crippen LogP contribution in [0, 0.1) is 0 Å². The number of aromatic nitrogens is 3. The monoisotopic (exact) mass is 241 g/mol. The normalized spacial score (nSPS) is 19.9. The molecule has 1 amide bonds. The number of hydrogen-bond donors (Lipinski definition) is 2. The van der Waals surface area contributed by atoms with Gasteiger partial charge in [0, 0.05) is 11.8 Å². The van der Waals surface area contributed by atoms with Gasteiger partial charge in [0.2, 0.25) is 11.9 Å². The maximum absolute atomic E-state index is 11.5. The molecule has 0 saturated carbocycles. The molecular weight excluding hydrogens is 226 g/mol. The van der Waals surface area contributed by atoms with Crippen molar-refractivity contribution in [3.63, 3.8) is 0 Å². The van der Waals surface area contributed by atoms with Crippen molar-refractivity contribution in [1.82, 2.24) is 20.1 Å². The second-order valence-corrected chi connectivity index (χ2v) is 5.15. The van der Waals surface area contributed by atoms with Crippen LogP contribution in [0.4, 0.5) is 5.95 Å². The number of nitrogens with zero attached hydrogens (tertiary/aromatic N) is 3. The molecule has 1 aliphatic heterocycles. The zero-order chi connectivity index (χ0) is 11.4. The van der Waals surface area contributed by atoms with Gasteiger partial charge in [-0.1, -0.05) is 0 Å². The third-order valence-corrected chi connectivity index (χ3v) is 3.81. The lowest BCUT2D eigenvalue weighted by Crippen LogP contribution is -2.32. The second kappa shape index (κ2) is 5.20. The molecule has 0 aromatic carbocycles. The fourth-order valence-corrected chi connectivity index (χ4v) is 2.82. The molecule has 16 heavy (non-hydrogen) atoms. The summed E-state index contributed by atoms with van der Waals surface area (Å²) in [6.45, 7) is 0.926. The minimum absolute atomic E-state index is 0.0441. The summed E-state index contributed by atoms with van der Waals surface area (Å²) in [5, 5.41) is 7.31. The molecule has 1 aromatic rings. The van der Waals surface area contributed by atoms with E-state index in [1.54, 1.807) is 0 Å². The summed E-state index contributed by atoms with van der Waals surface area (Å²) in [5.74, 6) is 1.36. The predicted molar refractivity (Wildman–Crippen MR) is 62.9 cm³/mol. The smallest absolute Gasteiger partial charge is 0.241 e. The van der Waals surface area contributed by atoms with Crippen molar-refractivity contribution in [2.45, 2.75) is 24.6 Å². The van der Waals surface area contributed by atoms with Gasteiger partial charge in [-0.2, -0.15) is 11.8 Å². The van der Waals surface area contributed by atoms with Crippen molar-refractivity contribution in [3.05, 3.63) is 6.33 Å². The minimum Gasteiger partial charge on any atom is -0.367 e. The highest BCUT2D eigenvalue weighted by Crippen LogP contribution is 2.25.